The van der Waals surface area contributed by atoms with Crippen LogP contribution in [0.3, 0.4) is 0 Å². The monoisotopic (exact) mass is 512 g/mol. The van der Waals surface area contributed by atoms with E-state index in [0.717, 1.165) is 18.2 Å². The molecule has 0 bridgehead atoms. The lowest BCUT2D eigenvalue weighted by molar-refractivity contribution is -0.139. The third-order valence-electron chi connectivity index (χ3n) is 3.80. The molecule has 0 atom stereocenters. The number of carbonyl (C=O) groups excluding carboxylic acids is 1. The van der Waals surface area contributed by atoms with Crippen molar-refractivity contribution in [1.29, 1.82) is 5.26 Å². The quantitative estimate of drug-likeness (QED) is 0.385. The normalized spacial score (nSPS) is 11.4. The molecule has 2 N–H and O–H groups in total. The van der Waals surface area contributed by atoms with Crippen molar-refractivity contribution < 1.29 is 37.3 Å². The van der Waals surface area contributed by atoms with E-state index in [2.05, 4.69) is 21.2 Å². The molecule has 2 rings (SSSR count). The second kappa shape index (κ2) is 10.7. The minimum absolute atomic E-state index is 0.123. The molecular formula is C21H16BrF3N2O5. The maximum atomic E-state index is 12.9. The van der Waals surface area contributed by atoms with Crippen LogP contribution in [0.5, 0.6) is 11.5 Å². The molecule has 0 saturated carbocycles. The first-order chi connectivity index (χ1) is 15.0. The fourth-order valence-corrected chi connectivity index (χ4v) is 3.07. The van der Waals surface area contributed by atoms with E-state index in [0.29, 0.717) is 10.0 Å². The second-order valence-electron chi connectivity index (χ2n) is 6.15. The Kier molecular flexibility index (Phi) is 8.26. The number of halogens is 4. The smallest absolute Gasteiger partial charge is 0.416 e. The van der Waals surface area contributed by atoms with E-state index in [4.69, 9.17) is 14.6 Å². The number of hydrogen-bond acceptors (Lipinski definition) is 5. The van der Waals surface area contributed by atoms with Gasteiger partial charge in [0, 0.05) is 5.69 Å². The van der Waals surface area contributed by atoms with E-state index in [-0.39, 0.29) is 29.4 Å². The average molecular weight is 513 g/mol. The lowest BCUT2D eigenvalue weighted by Crippen LogP contribution is -2.14. The summed E-state index contributed by atoms with van der Waals surface area (Å²) in [5, 5.41) is 20.4. The number of aliphatic carboxylic acids is 1. The summed E-state index contributed by atoms with van der Waals surface area (Å²) in [6, 6.07) is 8.61. The number of rotatable bonds is 8. The first-order valence-corrected chi connectivity index (χ1v) is 9.75. The Morgan fingerprint density at radius 1 is 1.25 bits per heavy atom. The third kappa shape index (κ3) is 6.75. The van der Waals surface area contributed by atoms with E-state index < -0.39 is 30.2 Å². The molecule has 0 aliphatic rings. The summed E-state index contributed by atoms with van der Waals surface area (Å²) in [5.41, 5.74) is -1.12. The maximum Gasteiger partial charge on any atom is 0.416 e. The highest BCUT2D eigenvalue weighted by molar-refractivity contribution is 9.10. The molecule has 7 nitrogen and oxygen atoms in total. The Hall–Kier alpha value is -3.52. The first-order valence-electron chi connectivity index (χ1n) is 8.96. The number of anilines is 1. The van der Waals surface area contributed by atoms with Gasteiger partial charge < -0.3 is 19.9 Å². The van der Waals surface area contributed by atoms with Crippen LogP contribution in [0.2, 0.25) is 0 Å². The highest BCUT2D eigenvalue weighted by Gasteiger charge is 2.30. The van der Waals surface area contributed by atoms with Crippen molar-refractivity contribution in [3.8, 4) is 17.6 Å². The van der Waals surface area contributed by atoms with Gasteiger partial charge >= 0.3 is 12.1 Å². The van der Waals surface area contributed by atoms with Crippen LogP contribution in [0.25, 0.3) is 6.08 Å². The Bertz CT molecular complexity index is 1090. The van der Waals surface area contributed by atoms with Crippen molar-refractivity contribution in [3.05, 3.63) is 57.6 Å². The Labute approximate surface area is 189 Å². The molecule has 1 amide bonds. The van der Waals surface area contributed by atoms with Crippen LogP contribution in [-0.4, -0.2) is 30.2 Å². The van der Waals surface area contributed by atoms with E-state index in [1.54, 1.807) is 13.0 Å². The fraction of sp³-hybridized carbons (Fsp3) is 0.190. The topological polar surface area (TPSA) is 109 Å². The molecule has 11 heteroatoms. The van der Waals surface area contributed by atoms with Gasteiger partial charge in [0.2, 0.25) is 0 Å². The molecule has 0 aliphatic carbocycles. The Morgan fingerprint density at radius 2 is 1.97 bits per heavy atom. The molecule has 0 aromatic heterocycles. The predicted molar refractivity (Wildman–Crippen MR) is 112 cm³/mol. The van der Waals surface area contributed by atoms with Gasteiger partial charge in [0.25, 0.3) is 5.91 Å². The SMILES string of the molecule is CCOc1cc(/C=C(\C#N)C(=O)Nc2cccc(C(F)(F)F)c2)cc(Br)c1OCC(=O)O. The van der Waals surface area contributed by atoms with Crippen LogP contribution in [-0.2, 0) is 15.8 Å². The number of carboxylic acid groups (broad SMARTS) is 1. The van der Waals surface area contributed by atoms with Crippen LogP contribution in [0.4, 0.5) is 18.9 Å². The molecule has 0 aliphatic heterocycles. The van der Waals surface area contributed by atoms with Gasteiger partial charge in [-0.1, -0.05) is 6.07 Å². The van der Waals surface area contributed by atoms with Crippen molar-refractivity contribution in [3.63, 3.8) is 0 Å². The lowest BCUT2D eigenvalue weighted by Gasteiger charge is -2.14. The average Bonchev–Trinajstić information content (AvgIpc) is 2.71. The number of carbonyl (C=O) groups is 2. The number of nitrogens with one attached hydrogen (secondary N) is 1. The Balaban J connectivity index is 2.33. The second-order valence-corrected chi connectivity index (χ2v) is 7.00. The molecule has 2 aromatic carbocycles. The number of nitrogens with zero attached hydrogens (tertiary/aromatic N) is 1. The van der Waals surface area contributed by atoms with Gasteiger partial charge in [-0.3, -0.25) is 4.79 Å². The van der Waals surface area contributed by atoms with Gasteiger partial charge in [0.05, 0.1) is 16.6 Å². The van der Waals surface area contributed by atoms with Crippen LogP contribution in [0.1, 0.15) is 18.1 Å². The molecule has 0 heterocycles. The zero-order valence-corrected chi connectivity index (χ0v) is 18.1. The molecule has 0 fully saturated rings. The number of carboxylic acids is 1. The lowest BCUT2D eigenvalue weighted by atomic mass is 10.1. The third-order valence-corrected chi connectivity index (χ3v) is 4.38. The highest BCUT2D eigenvalue weighted by atomic mass is 79.9. The minimum atomic E-state index is -4.58. The van der Waals surface area contributed by atoms with E-state index >= 15 is 0 Å². The van der Waals surface area contributed by atoms with E-state index in [9.17, 15) is 28.0 Å². The highest BCUT2D eigenvalue weighted by Crippen LogP contribution is 2.37. The number of hydrogen-bond donors (Lipinski definition) is 2. The van der Waals surface area contributed by atoms with E-state index in [1.807, 2.05) is 0 Å². The zero-order valence-electron chi connectivity index (χ0n) is 16.5. The molecule has 168 valence electrons. The summed E-state index contributed by atoms with van der Waals surface area (Å²) in [4.78, 5) is 23.2. The van der Waals surface area contributed by atoms with Gasteiger partial charge in [-0.15, -0.1) is 0 Å². The van der Waals surface area contributed by atoms with Crippen molar-refractivity contribution in [2.45, 2.75) is 13.1 Å². The number of benzene rings is 2. The molecule has 32 heavy (non-hydrogen) atoms. The van der Waals surface area contributed by atoms with Gasteiger partial charge in [0.1, 0.15) is 11.6 Å². The van der Waals surface area contributed by atoms with Crippen LogP contribution in [0, 0.1) is 11.3 Å². The van der Waals surface area contributed by atoms with Gasteiger partial charge in [-0.25, -0.2) is 4.79 Å². The largest absolute Gasteiger partial charge is 0.490 e. The molecule has 0 spiro atoms. The maximum absolute atomic E-state index is 12.9. The van der Waals surface area contributed by atoms with Crippen molar-refractivity contribution in [1.82, 2.24) is 0 Å². The zero-order chi connectivity index (χ0) is 23.9. The summed E-state index contributed by atoms with van der Waals surface area (Å²) in [6.07, 6.45) is -3.38. The van der Waals surface area contributed by atoms with Gasteiger partial charge in [-0.05, 0) is 64.8 Å². The molecule has 0 saturated heterocycles. The number of amides is 1. The molecule has 2 aromatic rings. The number of ether oxygens (including phenoxy) is 2. The summed E-state index contributed by atoms with van der Waals surface area (Å²) < 4.78 is 49.5. The van der Waals surface area contributed by atoms with Crippen molar-refractivity contribution in [2.24, 2.45) is 0 Å². The summed E-state index contributed by atoms with van der Waals surface area (Å²) in [5.74, 6) is -1.81. The molecule has 0 radical (unpaired) electrons. The first kappa shape index (κ1) is 24.7. The van der Waals surface area contributed by atoms with Crippen LogP contribution < -0.4 is 14.8 Å². The van der Waals surface area contributed by atoms with Crippen molar-refractivity contribution >= 4 is 39.6 Å². The number of nitriles is 1. The standard InChI is InChI=1S/C21H16BrF3N2O5/c1-2-31-17-8-12(7-16(22)19(17)32-11-18(28)29)6-13(10-26)20(30)27-15-5-3-4-14(9-15)21(23,24)25/h3-9H,2,11H2,1H3,(H,27,30)(H,28,29)/b13-6+. The van der Waals surface area contributed by atoms with Crippen LogP contribution in [0.15, 0.2) is 46.4 Å². The van der Waals surface area contributed by atoms with E-state index in [1.165, 1.54) is 24.3 Å². The molecule has 0 unspecified atom stereocenters. The predicted octanol–water partition coefficient (Wildman–Crippen LogP) is 4.88. The summed E-state index contributed by atoms with van der Waals surface area (Å²) >= 11 is 3.23. The summed E-state index contributed by atoms with van der Waals surface area (Å²) in [7, 11) is 0. The van der Waals surface area contributed by atoms with Crippen LogP contribution >= 0.6 is 15.9 Å². The minimum Gasteiger partial charge on any atom is -0.490 e. The summed E-state index contributed by atoms with van der Waals surface area (Å²) in [6.45, 7) is 1.31. The Morgan fingerprint density at radius 3 is 2.56 bits per heavy atom. The van der Waals surface area contributed by atoms with Crippen molar-refractivity contribution in [2.75, 3.05) is 18.5 Å². The fourth-order valence-electron chi connectivity index (χ4n) is 2.50. The molecular weight excluding hydrogens is 497 g/mol. The van der Waals surface area contributed by atoms with Gasteiger partial charge in [0.15, 0.2) is 18.1 Å². The van der Waals surface area contributed by atoms with Gasteiger partial charge in [-0.2, -0.15) is 18.4 Å². The number of alkyl halides is 3.